The van der Waals surface area contributed by atoms with Crippen molar-refractivity contribution < 1.29 is 63.3 Å². The van der Waals surface area contributed by atoms with Crippen molar-refractivity contribution in [1.29, 1.82) is 0 Å². The minimum atomic E-state index is -5.22. The molecule has 0 aliphatic rings. The van der Waals surface area contributed by atoms with E-state index in [0.29, 0.717) is 0 Å². The van der Waals surface area contributed by atoms with Crippen LogP contribution in [0.1, 0.15) is 0 Å². The van der Waals surface area contributed by atoms with E-state index in [1.807, 2.05) is 0 Å². The average molecular weight is 287 g/mol. The molecule has 0 aromatic heterocycles. The first-order valence-corrected chi connectivity index (χ1v) is 4.77. The van der Waals surface area contributed by atoms with Gasteiger partial charge in [-0.25, -0.2) is 0 Å². The van der Waals surface area contributed by atoms with Gasteiger partial charge in [-0.05, 0) is 0 Å². The average Bonchev–Trinajstić information content (AvgIpc) is 0.811. The summed E-state index contributed by atoms with van der Waals surface area (Å²) < 4.78 is 29.7. The first-order valence-electron chi connectivity index (χ1n) is 0.655. The van der Waals surface area contributed by atoms with E-state index in [1.165, 1.54) is 0 Å². The van der Waals surface area contributed by atoms with Crippen molar-refractivity contribution in [3.8, 4) is 0 Å². The van der Waals surface area contributed by atoms with Crippen LogP contribution in [0.25, 0.3) is 0 Å². The molecule has 0 rings (SSSR count). The van der Waals surface area contributed by atoms with Crippen LogP contribution in [-0.4, -0.2) is 0 Å². The molecule has 0 heterocycles. The van der Waals surface area contributed by atoms with Crippen LogP contribution >= 0.6 is 0 Å². The monoisotopic (exact) mass is 286 g/mol. The molecule has 0 nitrogen and oxygen atoms in total. The van der Waals surface area contributed by atoms with Crippen LogP contribution in [0, 0.1) is 32.2 Å². The quantitative estimate of drug-likeness (QED) is 0.629. The van der Waals surface area contributed by atoms with E-state index < -0.39 is 32.2 Å². The third-order valence-electron chi connectivity index (χ3n) is 0. The Bertz CT molecular complexity index is 11.6. The molecule has 0 aliphatic carbocycles. The van der Waals surface area contributed by atoms with Gasteiger partial charge in [0.25, 0.3) is 0 Å². The van der Waals surface area contributed by atoms with E-state index in [1.54, 1.807) is 0 Å². The van der Waals surface area contributed by atoms with Gasteiger partial charge in [0.05, 0.1) is 0 Å². The van der Waals surface area contributed by atoms with Crippen molar-refractivity contribution in [1.82, 2.24) is 0 Å². The van der Waals surface area contributed by atoms with Gasteiger partial charge in [0.2, 0.25) is 0 Å². The van der Waals surface area contributed by atoms with Gasteiger partial charge in [-0.1, -0.05) is 0 Å². The molecular formula is F3LaZr. The first kappa shape index (κ1) is 9.98. The summed E-state index contributed by atoms with van der Waals surface area (Å²) in [5, 5.41) is 0. The van der Waals surface area contributed by atoms with Gasteiger partial charge >= 0.3 is 37.1 Å². The topological polar surface area (TPSA) is 0 Å². The van der Waals surface area contributed by atoms with E-state index >= 15 is 0 Å². The SMILES string of the molecule is [F][La]([F])[F].[Zr]. The summed E-state index contributed by atoms with van der Waals surface area (Å²) in [4.78, 5) is 0. The maximum atomic E-state index is 9.89. The van der Waals surface area contributed by atoms with E-state index in [-0.39, 0.29) is 26.2 Å². The fraction of sp³-hybridized carbons (Fsp3) is 0. The van der Waals surface area contributed by atoms with Crippen LogP contribution < -0.4 is 0 Å². The predicted molar refractivity (Wildman–Crippen MR) is 3.32 cm³/mol. The second-order valence-electron chi connectivity index (χ2n) is 0.247. The van der Waals surface area contributed by atoms with Gasteiger partial charge in [-0.2, -0.15) is 0 Å². The minimum absolute atomic E-state index is 0. The molecule has 0 spiro atoms. The van der Waals surface area contributed by atoms with Crippen LogP contribution in [0.15, 0.2) is 0 Å². The summed E-state index contributed by atoms with van der Waals surface area (Å²) in [6.45, 7) is 0. The third kappa shape index (κ3) is 25.2. The molecule has 0 unspecified atom stereocenters. The summed E-state index contributed by atoms with van der Waals surface area (Å²) >= 11 is -5.22. The molecule has 0 saturated carbocycles. The maximum Gasteiger partial charge on any atom is 0 e. The standard InChI is InChI=1S/3FH.La.Zr/h3*1H;;/q;;;+3;/p-3. The molecule has 0 aromatic carbocycles. The Morgan fingerprint density at radius 1 is 1.00 bits per heavy atom. The van der Waals surface area contributed by atoms with Crippen molar-refractivity contribution in [3.05, 3.63) is 0 Å². The molecule has 0 bridgehead atoms. The van der Waals surface area contributed by atoms with Crippen LogP contribution in [-0.2, 0) is 26.2 Å². The van der Waals surface area contributed by atoms with Gasteiger partial charge < -0.3 is 0 Å². The molecule has 0 N–H and O–H groups in total. The number of hydrogen-bond acceptors (Lipinski definition) is 0. The third-order valence-corrected chi connectivity index (χ3v) is 0. The van der Waals surface area contributed by atoms with Gasteiger partial charge in [0.1, 0.15) is 0 Å². The Kier molecular flexibility index (Phi) is 11.7. The summed E-state index contributed by atoms with van der Waals surface area (Å²) in [7, 11) is 0. The smallest absolute Gasteiger partial charge is 0 e. The molecular weight excluding hydrogens is 287 g/mol. The van der Waals surface area contributed by atoms with Gasteiger partial charge in [0, 0.05) is 26.2 Å². The predicted octanol–water partition coefficient (Wildman–Crippen LogP) is 1.26. The Hall–Kier alpha value is 1.87. The van der Waals surface area contributed by atoms with Gasteiger partial charge in [0.15, 0.2) is 0 Å². The molecule has 0 saturated heterocycles. The van der Waals surface area contributed by atoms with Crippen LogP contribution in [0.2, 0.25) is 0 Å². The normalized spacial score (nSPS) is 5.40. The Balaban J connectivity index is 0. The Morgan fingerprint density at radius 2 is 1.00 bits per heavy atom. The van der Waals surface area contributed by atoms with Crippen molar-refractivity contribution in [3.63, 3.8) is 0 Å². The van der Waals surface area contributed by atoms with E-state index in [2.05, 4.69) is 0 Å². The number of rotatable bonds is 0. The molecule has 5 heteroatoms. The van der Waals surface area contributed by atoms with Crippen molar-refractivity contribution >= 4 is 0 Å². The summed E-state index contributed by atoms with van der Waals surface area (Å²) in [6.07, 6.45) is 0. The largest absolute Gasteiger partial charge is 0 e. The van der Waals surface area contributed by atoms with Crippen molar-refractivity contribution in [2.75, 3.05) is 0 Å². The summed E-state index contributed by atoms with van der Waals surface area (Å²) in [5.41, 5.74) is 0. The molecule has 5 heavy (non-hydrogen) atoms. The van der Waals surface area contributed by atoms with Gasteiger partial charge in [-0.3, -0.25) is 0 Å². The summed E-state index contributed by atoms with van der Waals surface area (Å²) in [5.74, 6) is 0. The minimum Gasteiger partial charge on any atom is 0 e. The Labute approximate surface area is 62.2 Å². The molecule has 0 aliphatic heterocycles. The number of hydrogen-bond donors (Lipinski definition) is 0. The van der Waals surface area contributed by atoms with E-state index in [9.17, 15) is 4.81 Å². The maximum absolute atomic E-state index is 9.89. The molecule has 0 atom stereocenters. The zero-order chi connectivity index (χ0) is 3.58. The summed E-state index contributed by atoms with van der Waals surface area (Å²) in [6, 6.07) is 0. The second-order valence-corrected chi connectivity index (χ2v) is 1.80. The molecule has 0 aromatic rings. The van der Waals surface area contributed by atoms with E-state index in [0.717, 1.165) is 0 Å². The van der Waals surface area contributed by atoms with E-state index in [4.69, 9.17) is 0 Å². The molecule has 0 fully saturated rings. The Morgan fingerprint density at radius 3 is 1.00 bits per heavy atom. The fourth-order valence-corrected chi connectivity index (χ4v) is 0. The van der Waals surface area contributed by atoms with Crippen molar-refractivity contribution in [2.24, 2.45) is 0 Å². The fourth-order valence-electron chi connectivity index (χ4n) is 0. The number of halogens is 3. The van der Waals surface area contributed by atoms with Crippen LogP contribution in [0.5, 0.6) is 0 Å². The second kappa shape index (κ2) is 5.87. The zero-order valence-corrected chi connectivity index (χ0v) is 8.30. The van der Waals surface area contributed by atoms with Crippen LogP contribution in [0.3, 0.4) is 0 Å². The van der Waals surface area contributed by atoms with Crippen LogP contribution in [0.4, 0.5) is 4.81 Å². The zero-order valence-electron chi connectivity index (χ0n) is 2.21. The molecule has 0 amide bonds. The molecule has 0 radical (unpaired) electrons. The molecule has 28 valence electrons. The first-order chi connectivity index (χ1) is 1.73. The van der Waals surface area contributed by atoms with Gasteiger partial charge in [-0.15, -0.1) is 0 Å². The van der Waals surface area contributed by atoms with Crippen molar-refractivity contribution in [2.45, 2.75) is 0 Å².